The maximum absolute atomic E-state index is 5.30. The first-order chi connectivity index (χ1) is 8.42. The average molecular weight is 224 g/mol. The van der Waals surface area contributed by atoms with Crippen molar-refractivity contribution in [3.63, 3.8) is 0 Å². The predicted octanol–water partition coefficient (Wildman–Crippen LogP) is 2.47. The van der Waals surface area contributed by atoms with Crippen LogP contribution in [-0.2, 0) is 0 Å². The van der Waals surface area contributed by atoms with Crippen LogP contribution in [0, 0.1) is 0 Å². The molecule has 5 heteroatoms. The quantitative estimate of drug-likeness (QED) is 0.540. The molecule has 0 amide bonds. The lowest BCUT2D eigenvalue weighted by molar-refractivity contribution is 0.577. The van der Waals surface area contributed by atoms with Crippen molar-refractivity contribution in [2.24, 2.45) is 0 Å². The molecule has 0 saturated carbocycles. The number of rotatable bonds is 1. The van der Waals surface area contributed by atoms with Gasteiger partial charge in [-0.3, -0.25) is 5.10 Å². The highest BCUT2D eigenvalue weighted by atomic mass is 16.3. The number of aromatic nitrogens is 4. The van der Waals surface area contributed by atoms with Gasteiger partial charge in [0, 0.05) is 0 Å². The fourth-order valence-electron chi connectivity index (χ4n) is 1.95. The number of H-pyrrole nitrogens is 1. The van der Waals surface area contributed by atoms with E-state index in [1.807, 2.05) is 40.9 Å². The number of fused-ring (bicyclic) bond motifs is 3. The number of nitrogens with zero attached hydrogens (tertiary/aromatic N) is 3. The Hall–Kier alpha value is -2.56. The van der Waals surface area contributed by atoms with Gasteiger partial charge >= 0.3 is 0 Å². The zero-order valence-electron chi connectivity index (χ0n) is 8.79. The Balaban J connectivity index is 2.05. The van der Waals surface area contributed by atoms with Crippen molar-refractivity contribution in [3.05, 3.63) is 42.7 Å². The third-order valence-electron chi connectivity index (χ3n) is 2.73. The van der Waals surface area contributed by atoms with Crippen LogP contribution in [0.3, 0.4) is 0 Å². The van der Waals surface area contributed by atoms with Crippen molar-refractivity contribution in [3.8, 4) is 11.6 Å². The molecule has 0 aliphatic rings. The van der Waals surface area contributed by atoms with E-state index in [4.69, 9.17) is 4.42 Å². The largest absolute Gasteiger partial charge is 0.461 e. The first-order valence-electron chi connectivity index (χ1n) is 5.29. The first kappa shape index (κ1) is 8.58. The monoisotopic (exact) mass is 224 g/mol. The Kier molecular flexibility index (Phi) is 1.50. The lowest BCUT2D eigenvalue weighted by Gasteiger charge is -1.90. The lowest BCUT2D eigenvalue weighted by atomic mass is 10.3. The van der Waals surface area contributed by atoms with Crippen LogP contribution in [0.25, 0.3) is 28.4 Å². The fourth-order valence-corrected chi connectivity index (χ4v) is 1.95. The summed E-state index contributed by atoms with van der Waals surface area (Å²) in [6, 6.07) is 11.6. The molecule has 0 unspecified atom stereocenters. The van der Waals surface area contributed by atoms with E-state index in [0.29, 0.717) is 17.4 Å². The summed E-state index contributed by atoms with van der Waals surface area (Å²) in [7, 11) is 0. The second-order valence-corrected chi connectivity index (χ2v) is 3.79. The van der Waals surface area contributed by atoms with Crippen molar-refractivity contribution in [1.29, 1.82) is 0 Å². The molecule has 82 valence electrons. The van der Waals surface area contributed by atoms with Crippen LogP contribution in [0.1, 0.15) is 0 Å². The molecule has 17 heavy (non-hydrogen) atoms. The highest BCUT2D eigenvalue weighted by Gasteiger charge is 2.11. The van der Waals surface area contributed by atoms with Crippen LogP contribution >= 0.6 is 0 Å². The van der Waals surface area contributed by atoms with E-state index >= 15 is 0 Å². The molecule has 3 heterocycles. The van der Waals surface area contributed by atoms with Gasteiger partial charge in [-0.15, -0.1) is 0 Å². The normalized spacial score (nSPS) is 11.5. The third-order valence-corrected chi connectivity index (χ3v) is 2.73. The zero-order chi connectivity index (χ0) is 11.2. The van der Waals surface area contributed by atoms with E-state index in [-0.39, 0.29) is 0 Å². The van der Waals surface area contributed by atoms with Gasteiger partial charge in [-0.1, -0.05) is 12.1 Å². The number of aromatic amines is 1. The van der Waals surface area contributed by atoms with Crippen LogP contribution in [0.15, 0.2) is 47.1 Å². The van der Waals surface area contributed by atoms with Gasteiger partial charge < -0.3 is 4.42 Å². The van der Waals surface area contributed by atoms with Crippen molar-refractivity contribution < 1.29 is 4.42 Å². The maximum Gasteiger partial charge on any atom is 0.252 e. The molecule has 0 aliphatic carbocycles. The van der Waals surface area contributed by atoms with Gasteiger partial charge in [0.05, 0.1) is 17.3 Å². The molecule has 0 bridgehead atoms. The minimum atomic E-state index is 0.651. The Labute approximate surface area is 95.7 Å². The molecule has 1 N–H and O–H groups in total. The summed E-state index contributed by atoms with van der Waals surface area (Å²) in [6.45, 7) is 0. The summed E-state index contributed by atoms with van der Waals surface area (Å²) >= 11 is 0. The molecule has 0 spiro atoms. The van der Waals surface area contributed by atoms with Crippen molar-refractivity contribution in [2.45, 2.75) is 0 Å². The maximum atomic E-state index is 5.30. The SMILES string of the molecule is c1coc(-c2nc3nc4ccccc4n3[nH]2)c1. The number of nitrogens with one attached hydrogen (secondary N) is 1. The van der Waals surface area contributed by atoms with Crippen molar-refractivity contribution >= 4 is 16.8 Å². The number of furan rings is 1. The molecule has 3 aromatic heterocycles. The summed E-state index contributed by atoms with van der Waals surface area (Å²) in [5.41, 5.74) is 1.94. The van der Waals surface area contributed by atoms with Crippen LogP contribution in [-0.4, -0.2) is 19.6 Å². The molecule has 0 saturated heterocycles. The number of hydrogen-bond donors (Lipinski definition) is 1. The highest BCUT2D eigenvalue weighted by molar-refractivity contribution is 5.79. The lowest BCUT2D eigenvalue weighted by Crippen LogP contribution is -1.83. The summed E-state index contributed by atoms with van der Waals surface area (Å²) in [5, 5.41) is 3.17. The second kappa shape index (κ2) is 2.98. The molecule has 0 atom stereocenters. The van der Waals surface area contributed by atoms with Crippen molar-refractivity contribution in [1.82, 2.24) is 19.6 Å². The van der Waals surface area contributed by atoms with Gasteiger partial charge in [0.25, 0.3) is 5.78 Å². The molecule has 0 fully saturated rings. The third kappa shape index (κ3) is 1.13. The standard InChI is InChI=1S/C12H8N4O/c1-2-5-9-8(4-1)13-12-14-11(15-16(9)12)10-6-3-7-17-10/h1-7H,(H,13,14,15). The molecule has 5 nitrogen and oxygen atoms in total. The van der Waals surface area contributed by atoms with Crippen LogP contribution in [0.2, 0.25) is 0 Å². The van der Waals surface area contributed by atoms with Crippen LogP contribution in [0.5, 0.6) is 0 Å². The summed E-state index contributed by atoms with van der Waals surface area (Å²) in [4.78, 5) is 8.82. The molecule has 0 aliphatic heterocycles. The highest BCUT2D eigenvalue weighted by Crippen LogP contribution is 2.19. The van der Waals surface area contributed by atoms with E-state index in [1.54, 1.807) is 6.26 Å². The van der Waals surface area contributed by atoms with E-state index in [0.717, 1.165) is 11.0 Å². The van der Waals surface area contributed by atoms with E-state index in [9.17, 15) is 0 Å². The van der Waals surface area contributed by atoms with Gasteiger partial charge in [-0.2, -0.15) is 4.98 Å². The van der Waals surface area contributed by atoms with Gasteiger partial charge in [0.1, 0.15) is 0 Å². The summed E-state index contributed by atoms with van der Waals surface area (Å²) in [6.07, 6.45) is 1.62. The minimum absolute atomic E-state index is 0.651. The number of para-hydroxylation sites is 2. The van der Waals surface area contributed by atoms with E-state index in [2.05, 4.69) is 15.1 Å². The molecule has 4 rings (SSSR count). The first-order valence-corrected chi connectivity index (χ1v) is 5.29. The van der Waals surface area contributed by atoms with Gasteiger partial charge in [-0.05, 0) is 24.3 Å². The number of hydrogen-bond acceptors (Lipinski definition) is 3. The van der Waals surface area contributed by atoms with Gasteiger partial charge in [-0.25, -0.2) is 9.50 Å². The zero-order valence-corrected chi connectivity index (χ0v) is 8.79. The second-order valence-electron chi connectivity index (χ2n) is 3.79. The average Bonchev–Trinajstić information content (AvgIpc) is 3.03. The van der Waals surface area contributed by atoms with Crippen molar-refractivity contribution in [2.75, 3.05) is 0 Å². The van der Waals surface area contributed by atoms with Gasteiger partial charge in [0.15, 0.2) is 11.6 Å². The Bertz CT molecular complexity index is 794. The van der Waals surface area contributed by atoms with Gasteiger partial charge in [0.2, 0.25) is 0 Å². The van der Waals surface area contributed by atoms with E-state index < -0.39 is 0 Å². The summed E-state index contributed by atoms with van der Waals surface area (Å²) in [5.74, 6) is 2.04. The summed E-state index contributed by atoms with van der Waals surface area (Å²) < 4.78 is 7.15. The smallest absolute Gasteiger partial charge is 0.252 e. The molecule has 4 aromatic rings. The Morgan fingerprint density at radius 3 is 2.88 bits per heavy atom. The predicted molar refractivity (Wildman–Crippen MR) is 62.5 cm³/mol. The molecule has 0 radical (unpaired) electrons. The van der Waals surface area contributed by atoms with E-state index in [1.165, 1.54) is 0 Å². The number of benzene rings is 1. The Morgan fingerprint density at radius 2 is 2.00 bits per heavy atom. The Morgan fingerprint density at radius 1 is 1.06 bits per heavy atom. The molecular weight excluding hydrogens is 216 g/mol. The number of imidazole rings is 1. The topological polar surface area (TPSA) is 59.1 Å². The fraction of sp³-hybridized carbons (Fsp3) is 0. The van der Waals surface area contributed by atoms with Crippen LogP contribution < -0.4 is 0 Å². The minimum Gasteiger partial charge on any atom is -0.461 e. The molecular formula is C12H8N4O. The van der Waals surface area contributed by atoms with Crippen LogP contribution in [0.4, 0.5) is 0 Å². The molecule has 1 aromatic carbocycles.